The van der Waals surface area contributed by atoms with Crippen molar-refractivity contribution in [3.05, 3.63) is 48.8 Å². The van der Waals surface area contributed by atoms with Gasteiger partial charge in [0.25, 0.3) is 0 Å². The van der Waals surface area contributed by atoms with E-state index in [4.69, 9.17) is 4.74 Å². The smallest absolute Gasteiger partial charge is 0.240 e. The van der Waals surface area contributed by atoms with Crippen molar-refractivity contribution in [2.45, 2.75) is 4.90 Å². The third-order valence-corrected chi connectivity index (χ3v) is 3.26. The minimum atomic E-state index is 0.525. The van der Waals surface area contributed by atoms with Crippen LogP contribution in [0.15, 0.2) is 53.7 Å². The van der Waals surface area contributed by atoms with Crippen molar-refractivity contribution in [1.82, 2.24) is 9.97 Å². The average Bonchev–Trinajstić information content (AvgIpc) is 2.49. The van der Waals surface area contributed by atoms with Crippen molar-refractivity contribution in [1.29, 1.82) is 0 Å². The zero-order valence-electron chi connectivity index (χ0n) is 10.9. The van der Waals surface area contributed by atoms with Gasteiger partial charge in [-0.05, 0) is 36.4 Å². The number of benzene rings is 1. The Bertz CT molecular complexity index is 744. The molecule has 2 heterocycles. The lowest BCUT2D eigenvalue weighted by molar-refractivity contribution is 0.402. The molecule has 2 aromatic heterocycles. The fourth-order valence-electron chi connectivity index (χ4n) is 2.01. The van der Waals surface area contributed by atoms with Crippen LogP contribution in [0, 0.1) is 0 Å². The molecule has 3 rings (SSSR count). The van der Waals surface area contributed by atoms with Crippen LogP contribution in [0.25, 0.3) is 10.9 Å². The number of anilines is 2. The summed E-state index contributed by atoms with van der Waals surface area (Å²) in [7, 11) is 1.59. The Hall–Kier alpha value is -2.27. The lowest BCUT2D eigenvalue weighted by Crippen LogP contribution is -1.95. The summed E-state index contributed by atoms with van der Waals surface area (Å²) >= 11 is 4.28. The Kier molecular flexibility index (Phi) is 3.43. The Morgan fingerprint density at radius 3 is 2.50 bits per heavy atom. The molecule has 4 nitrogen and oxygen atoms in total. The fraction of sp³-hybridized carbons (Fsp3) is 0.0667. The van der Waals surface area contributed by atoms with E-state index in [0.29, 0.717) is 5.88 Å². The van der Waals surface area contributed by atoms with Gasteiger partial charge in [0.05, 0.1) is 7.11 Å². The maximum absolute atomic E-state index is 5.24. The molecule has 0 aliphatic carbocycles. The number of hydrogen-bond donors (Lipinski definition) is 2. The van der Waals surface area contributed by atoms with Crippen LogP contribution < -0.4 is 10.1 Å². The molecule has 1 aromatic carbocycles. The molecule has 0 unspecified atom stereocenters. The molecular formula is C15H13N3OS. The van der Waals surface area contributed by atoms with Crippen LogP contribution in [-0.4, -0.2) is 17.1 Å². The van der Waals surface area contributed by atoms with E-state index in [1.807, 2.05) is 36.4 Å². The first-order chi connectivity index (χ1) is 9.78. The van der Waals surface area contributed by atoms with Gasteiger partial charge < -0.3 is 10.1 Å². The Labute approximate surface area is 122 Å². The number of nitrogens with zero attached hydrogens (tertiary/aromatic N) is 2. The monoisotopic (exact) mass is 283 g/mol. The second-order valence-corrected chi connectivity index (χ2v) is 4.76. The topological polar surface area (TPSA) is 47.0 Å². The molecule has 20 heavy (non-hydrogen) atoms. The first-order valence-corrected chi connectivity index (χ1v) is 6.56. The number of methoxy groups -OCH3 is 1. The van der Waals surface area contributed by atoms with Gasteiger partial charge in [0.2, 0.25) is 5.88 Å². The van der Waals surface area contributed by atoms with Crippen LogP contribution in [0.4, 0.5) is 11.4 Å². The van der Waals surface area contributed by atoms with Gasteiger partial charge in [-0.25, -0.2) is 4.98 Å². The highest BCUT2D eigenvalue weighted by molar-refractivity contribution is 7.80. The lowest BCUT2D eigenvalue weighted by atomic mass is 10.2. The second kappa shape index (κ2) is 5.38. The lowest BCUT2D eigenvalue weighted by Gasteiger charge is -2.10. The van der Waals surface area contributed by atoms with Crippen LogP contribution in [0.2, 0.25) is 0 Å². The molecule has 0 spiro atoms. The molecule has 0 atom stereocenters. The van der Waals surface area contributed by atoms with Crippen LogP contribution in [0.5, 0.6) is 5.88 Å². The minimum Gasteiger partial charge on any atom is -0.479 e. The van der Waals surface area contributed by atoms with Crippen molar-refractivity contribution in [3.63, 3.8) is 0 Å². The summed E-state index contributed by atoms with van der Waals surface area (Å²) in [4.78, 5) is 9.42. The first kappa shape index (κ1) is 12.7. The van der Waals surface area contributed by atoms with Gasteiger partial charge in [-0.2, -0.15) is 0 Å². The molecule has 1 N–H and O–H groups in total. The number of rotatable bonds is 3. The van der Waals surface area contributed by atoms with Gasteiger partial charge in [-0.1, -0.05) is 0 Å². The van der Waals surface area contributed by atoms with Crippen LogP contribution in [0.3, 0.4) is 0 Å². The molecule has 0 bridgehead atoms. The molecule has 0 fully saturated rings. The van der Waals surface area contributed by atoms with E-state index in [1.54, 1.807) is 19.5 Å². The summed E-state index contributed by atoms with van der Waals surface area (Å²) < 4.78 is 5.24. The molecule has 0 aliphatic heterocycles. The largest absolute Gasteiger partial charge is 0.479 e. The number of fused-ring (bicyclic) bond motifs is 1. The van der Waals surface area contributed by atoms with Gasteiger partial charge in [-0.15, -0.1) is 12.6 Å². The van der Waals surface area contributed by atoms with E-state index in [2.05, 4.69) is 27.9 Å². The molecule has 0 aliphatic rings. The third kappa shape index (κ3) is 2.40. The molecule has 3 aromatic rings. The van der Waals surface area contributed by atoms with E-state index in [0.717, 1.165) is 27.2 Å². The van der Waals surface area contributed by atoms with Crippen LogP contribution in [0.1, 0.15) is 0 Å². The van der Waals surface area contributed by atoms with Gasteiger partial charge in [-0.3, -0.25) is 4.98 Å². The maximum Gasteiger partial charge on any atom is 0.240 e. The highest BCUT2D eigenvalue weighted by Crippen LogP contribution is 2.29. The number of thiol groups is 1. The van der Waals surface area contributed by atoms with Gasteiger partial charge in [0, 0.05) is 34.1 Å². The highest BCUT2D eigenvalue weighted by Gasteiger charge is 2.07. The van der Waals surface area contributed by atoms with Crippen LogP contribution >= 0.6 is 12.6 Å². The first-order valence-electron chi connectivity index (χ1n) is 6.11. The number of nitrogens with one attached hydrogen (secondary N) is 1. The molecular weight excluding hydrogens is 270 g/mol. The summed E-state index contributed by atoms with van der Waals surface area (Å²) in [6.07, 6.45) is 3.45. The molecule has 0 saturated carbocycles. The Balaban J connectivity index is 2.05. The van der Waals surface area contributed by atoms with E-state index in [-0.39, 0.29) is 0 Å². The number of ether oxygens (including phenoxy) is 1. The predicted octanol–water partition coefficient (Wildman–Crippen LogP) is 3.67. The van der Waals surface area contributed by atoms with Crippen molar-refractivity contribution in [2.75, 3.05) is 12.4 Å². The number of aromatic nitrogens is 2. The SMILES string of the molecule is COc1nccc2c(Nc3ccc(S)cc3)ccnc12. The predicted molar refractivity (Wildman–Crippen MR) is 83.1 cm³/mol. The van der Waals surface area contributed by atoms with E-state index in [9.17, 15) is 0 Å². The Morgan fingerprint density at radius 1 is 1.00 bits per heavy atom. The zero-order chi connectivity index (χ0) is 13.9. The molecule has 0 amide bonds. The third-order valence-electron chi connectivity index (χ3n) is 2.97. The normalized spacial score (nSPS) is 10.5. The van der Waals surface area contributed by atoms with E-state index >= 15 is 0 Å². The zero-order valence-corrected chi connectivity index (χ0v) is 11.8. The maximum atomic E-state index is 5.24. The van der Waals surface area contributed by atoms with Crippen LogP contribution in [-0.2, 0) is 0 Å². The van der Waals surface area contributed by atoms with Crippen molar-refractivity contribution >= 4 is 34.9 Å². The number of pyridine rings is 2. The van der Waals surface area contributed by atoms with Crippen molar-refractivity contribution < 1.29 is 4.74 Å². The van der Waals surface area contributed by atoms with E-state index < -0.39 is 0 Å². The standard InChI is InChI=1S/C15H13N3OS/c1-19-15-14-12(6-8-17-15)13(7-9-16-14)18-10-2-4-11(20)5-3-10/h2-9,20H,1H3,(H,16,18). The Morgan fingerprint density at radius 2 is 1.75 bits per heavy atom. The molecule has 0 saturated heterocycles. The van der Waals surface area contributed by atoms with E-state index in [1.165, 1.54) is 0 Å². The second-order valence-electron chi connectivity index (χ2n) is 4.25. The summed E-state index contributed by atoms with van der Waals surface area (Å²) in [5, 5.41) is 4.34. The minimum absolute atomic E-state index is 0.525. The highest BCUT2D eigenvalue weighted by atomic mass is 32.1. The van der Waals surface area contributed by atoms with Gasteiger partial charge >= 0.3 is 0 Å². The molecule has 5 heteroatoms. The summed E-state index contributed by atoms with van der Waals surface area (Å²) in [6, 6.07) is 11.7. The number of hydrogen-bond acceptors (Lipinski definition) is 5. The van der Waals surface area contributed by atoms with Gasteiger partial charge in [0.15, 0.2) is 0 Å². The molecule has 0 radical (unpaired) electrons. The summed E-state index contributed by atoms with van der Waals surface area (Å²) in [6.45, 7) is 0. The van der Waals surface area contributed by atoms with Gasteiger partial charge in [0.1, 0.15) is 5.52 Å². The fourth-order valence-corrected chi connectivity index (χ4v) is 2.16. The van der Waals surface area contributed by atoms with Crippen molar-refractivity contribution in [2.24, 2.45) is 0 Å². The molecule has 100 valence electrons. The summed E-state index contributed by atoms with van der Waals surface area (Å²) in [5.41, 5.74) is 2.69. The summed E-state index contributed by atoms with van der Waals surface area (Å²) in [5.74, 6) is 0.525. The van der Waals surface area contributed by atoms with Crippen molar-refractivity contribution in [3.8, 4) is 5.88 Å². The average molecular weight is 283 g/mol. The quantitative estimate of drug-likeness (QED) is 0.720.